The fraction of sp³-hybridized carbons (Fsp3) is 0.286. The molecule has 0 saturated heterocycles. The second-order valence-corrected chi connectivity index (χ2v) is 3.05. The third kappa shape index (κ3) is 2.07. The Hall–Kier alpha value is -0.280. The lowest BCUT2D eigenvalue weighted by Crippen LogP contribution is -1.91. The van der Waals surface area contributed by atoms with Crippen LogP contribution in [0, 0.1) is 6.92 Å². The van der Waals surface area contributed by atoms with Crippen molar-refractivity contribution < 1.29 is 0 Å². The summed E-state index contributed by atoms with van der Waals surface area (Å²) < 4.78 is 0. The average molecular weight is 188 g/mol. The van der Waals surface area contributed by atoms with Crippen LogP contribution >= 0.6 is 23.4 Å². The summed E-state index contributed by atoms with van der Waals surface area (Å²) in [6, 6.07) is 0. The van der Waals surface area contributed by atoms with E-state index in [1.54, 1.807) is 6.20 Å². The van der Waals surface area contributed by atoms with Gasteiger partial charge in [0.2, 0.25) is 0 Å². The van der Waals surface area contributed by atoms with E-state index in [-0.39, 0.29) is 0 Å². The normalized spacial score (nSPS) is 10.1. The van der Waals surface area contributed by atoms with E-state index in [1.807, 2.05) is 6.26 Å². The molecule has 1 aromatic heterocycles. The van der Waals surface area contributed by atoms with Gasteiger partial charge in [0.1, 0.15) is 5.15 Å². The van der Waals surface area contributed by atoms with Gasteiger partial charge in [0.25, 0.3) is 0 Å². The zero-order valence-corrected chi connectivity index (χ0v) is 7.74. The predicted molar refractivity (Wildman–Crippen MR) is 47.9 cm³/mol. The Balaban J connectivity index is 2.99. The number of hydrogen-bond donors (Lipinski definition) is 0. The Morgan fingerprint density at radius 1 is 1.73 bits per heavy atom. The van der Waals surface area contributed by atoms with Crippen LogP contribution in [0.2, 0.25) is 5.15 Å². The van der Waals surface area contributed by atoms with Crippen molar-refractivity contribution in [3.8, 4) is 0 Å². The lowest BCUT2D eigenvalue weighted by molar-refractivity contribution is 0.941. The van der Waals surface area contributed by atoms with Gasteiger partial charge in [-0.25, -0.2) is 9.97 Å². The first-order valence-corrected chi connectivity index (χ1v) is 4.73. The molecule has 0 bridgehead atoms. The van der Waals surface area contributed by atoms with Gasteiger partial charge in [-0.3, -0.25) is 0 Å². The van der Waals surface area contributed by atoms with E-state index in [0.29, 0.717) is 16.7 Å². The maximum absolute atomic E-state index is 5.80. The van der Waals surface area contributed by atoms with E-state index in [0.717, 1.165) is 5.56 Å². The largest absolute Gasteiger partial charge is 0.231 e. The number of halogens is 1. The Bertz CT molecular complexity index is 252. The molecule has 0 atom stereocenters. The van der Waals surface area contributed by atoms with Crippen molar-refractivity contribution in [3.05, 3.63) is 23.8 Å². The third-order valence-electron chi connectivity index (χ3n) is 1.24. The molecule has 1 rings (SSSR count). The smallest absolute Gasteiger partial charge is 0.188 e. The van der Waals surface area contributed by atoms with Gasteiger partial charge in [0.05, 0.1) is 0 Å². The lowest BCUT2D eigenvalue weighted by atomic mass is 10.3. The Morgan fingerprint density at radius 3 is 2.91 bits per heavy atom. The molecule has 11 heavy (non-hydrogen) atoms. The quantitative estimate of drug-likeness (QED) is 0.404. The molecular weight excluding hydrogens is 180 g/mol. The summed E-state index contributed by atoms with van der Waals surface area (Å²) in [4.78, 5) is 8.10. The second-order valence-electron chi connectivity index (χ2n) is 1.92. The van der Waals surface area contributed by atoms with Crippen LogP contribution < -0.4 is 0 Å². The van der Waals surface area contributed by atoms with Crippen molar-refractivity contribution in [1.82, 2.24) is 9.97 Å². The topological polar surface area (TPSA) is 25.8 Å². The molecule has 0 spiro atoms. The van der Waals surface area contributed by atoms with E-state index >= 15 is 0 Å². The maximum Gasteiger partial charge on any atom is 0.188 e. The van der Waals surface area contributed by atoms with Crippen LogP contribution in [0.1, 0.15) is 5.56 Å². The van der Waals surface area contributed by atoms with E-state index in [4.69, 9.17) is 11.6 Å². The Kier molecular flexibility index (Phi) is 3.15. The van der Waals surface area contributed by atoms with Gasteiger partial charge in [-0.15, -0.1) is 0 Å². The molecule has 1 aromatic rings. The van der Waals surface area contributed by atoms with Crippen LogP contribution in [0.3, 0.4) is 0 Å². The van der Waals surface area contributed by atoms with Crippen molar-refractivity contribution in [3.63, 3.8) is 0 Å². The molecule has 0 aliphatic carbocycles. The summed E-state index contributed by atoms with van der Waals surface area (Å²) >= 11 is 7.28. The number of rotatable bonds is 2. The van der Waals surface area contributed by atoms with Crippen molar-refractivity contribution in [2.24, 2.45) is 0 Å². The summed E-state index contributed by atoms with van der Waals surface area (Å²) in [5.74, 6) is 0. The second kappa shape index (κ2) is 3.93. The number of nitrogens with zero attached hydrogens (tertiary/aromatic N) is 2. The molecule has 2 nitrogen and oxygen atoms in total. The van der Waals surface area contributed by atoms with Crippen LogP contribution in [0.15, 0.2) is 11.4 Å². The minimum absolute atomic E-state index is 0.513. The highest BCUT2D eigenvalue weighted by Crippen LogP contribution is 2.16. The van der Waals surface area contributed by atoms with E-state index < -0.39 is 0 Å². The summed E-state index contributed by atoms with van der Waals surface area (Å²) in [7, 11) is 0. The minimum Gasteiger partial charge on any atom is -0.231 e. The molecule has 0 aliphatic heterocycles. The molecule has 0 N–H and O–H groups in total. The SMILES string of the molecule is [CH2]Cc1cnc(SC)nc1Cl. The number of aromatic nitrogens is 2. The molecule has 0 saturated carbocycles. The van der Waals surface area contributed by atoms with Crippen LogP contribution in [-0.4, -0.2) is 16.2 Å². The van der Waals surface area contributed by atoms with Gasteiger partial charge in [-0.05, 0) is 19.6 Å². The van der Waals surface area contributed by atoms with Gasteiger partial charge in [0, 0.05) is 11.8 Å². The summed E-state index contributed by atoms with van der Waals surface area (Å²) in [6.45, 7) is 3.70. The number of thioether (sulfide) groups is 1. The minimum atomic E-state index is 0.513. The van der Waals surface area contributed by atoms with Gasteiger partial charge in [0.15, 0.2) is 5.16 Å². The molecular formula is C7H8ClN2S. The Morgan fingerprint density at radius 2 is 2.45 bits per heavy atom. The summed E-state index contributed by atoms with van der Waals surface area (Å²) in [5.41, 5.74) is 0.893. The van der Waals surface area contributed by atoms with Crippen LogP contribution in [0.25, 0.3) is 0 Å². The van der Waals surface area contributed by atoms with E-state index in [1.165, 1.54) is 11.8 Å². The number of hydrogen-bond acceptors (Lipinski definition) is 3. The molecule has 1 radical (unpaired) electrons. The zero-order chi connectivity index (χ0) is 8.27. The fourth-order valence-corrected chi connectivity index (χ4v) is 1.25. The van der Waals surface area contributed by atoms with Crippen molar-refractivity contribution in [1.29, 1.82) is 0 Å². The Labute approximate surface area is 75.4 Å². The summed E-state index contributed by atoms with van der Waals surface area (Å²) in [6.07, 6.45) is 4.26. The summed E-state index contributed by atoms with van der Waals surface area (Å²) in [5, 5.41) is 1.21. The standard InChI is InChI=1S/C7H8ClN2S/c1-3-5-4-9-7(11-2)10-6(5)8/h4H,1,3H2,2H3. The van der Waals surface area contributed by atoms with Crippen LogP contribution in [0.4, 0.5) is 0 Å². The highest BCUT2D eigenvalue weighted by Gasteiger charge is 2.01. The van der Waals surface area contributed by atoms with Crippen molar-refractivity contribution in [2.45, 2.75) is 11.6 Å². The lowest BCUT2D eigenvalue weighted by Gasteiger charge is -1.99. The zero-order valence-electron chi connectivity index (χ0n) is 6.17. The first-order chi connectivity index (χ1) is 5.27. The van der Waals surface area contributed by atoms with Crippen molar-refractivity contribution >= 4 is 23.4 Å². The average Bonchev–Trinajstić information content (AvgIpc) is 2.04. The van der Waals surface area contributed by atoms with Crippen molar-refractivity contribution in [2.75, 3.05) is 6.26 Å². The highest BCUT2D eigenvalue weighted by atomic mass is 35.5. The fourth-order valence-electron chi connectivity index (χ4n) is 0.637. The van der Waals surface area contributed by atoms with Gasteiger partial charge >= 0.3 is 0 Å². The molecule has 59 valence electrons. The van der Waals surface area contributed by atoms with E-state index in [9.17, 15) is 0 Å². The molecule has 0 fully saturated rings. The molecule has 4 heteroatoms. The van der Waals surface area contributed by atoms with Crippen LogP contribution in [-0.2, 0) is 6.42 Å². The molecule has 0 amide bonds. The maximum atomic E-state index is 5.80. The predicted octanol–water partition coefficient (Wildman–Crippen LogP) is 2.23. The molecule has 1 heterocycles. The molecule has 0 aliphatic rings. The first-order valence-electron chi connectivity index (χ1n) is 3.12. The molecule has 0 unspecified atom stereocenters. The van der Waals surface area contributed by atoms with Gasteiger partial charge in [-0.1, -0.05) is 23.4 Å². The van der Waals surface area contributed by atoms with Gasteiger partial charge in [-0.2, -0.15) is 0 Å². The van der Waals surface area contributed by atoms with Crippen LogP contribution in [0.5, 0.6) is 0 Å². The first kappa shape index (κ1) is 8.81. The third-order valence-corrected chi connectivity index (χ3v) is 2.13. The molecule has 0 aromatic carbocycles. The van der Waals surface area contributed by atoms with E-state index in [2.05, 4.69) is 16.9 Å². The monoisotopic (exact) mass is 187 g/mol. The van der Waals surface area contributed by atoms with Gasteiger partial charge < -0.3 is 0 Å². The highest BCUT2D eigenvalue weighted by molar-refractivity contribution is 7.98.